The largest absolute Gasteiger partial charge is 0.467 e. The molecule has 1 amide bonds. The lowest BCUT2D eigenvalue weighted by Gasteiger charge is -2.11. The highest BCUT2D eigenvalue weighted by atomic mass is 16.5. The SMILES string of the molecule is CCNC(=NCc1ccco1)NCCC(=O)NCCOC. The van der Waals surface area contributed by atoms with Crippen molar-refractivity contribution in [2.45, 2.75) is 19.9 Å². The van der Waals surface area contributed by atoms with E-state index in [0.717, 1.165) is 12.3 Å². The highest BCUT2D eigenvalue weighted by molar-refractivity contribution is 5.81. The van der Waals surface area contributed by atoms with Crippen LogP contribution in [0.15, 0.2) is 27.8 Å². The number of nitrogens with zero attached hydrogens (tertiary/aromatic N) is 1. The number of hydrogen-bond donors (Lipinski definition) is 3. The number of aliphatic imine (C=N–C) groups is 1. The zero-order valence-electron chi connectivity index (χ0n) is 12.6. The number of guanidine groups is 1. The second-order valence-corrected chi connectivity index (χ2v) is 4.29. The van der Waals surface area contributed by atoms with Crippen LogP contribution in [-0.2, 0) is 16.1 Å². The molecule has 3 N–H and O–H groups in total. The van der Waals surface area contributed by atoms with E-state index in [-0.39, 0.29) is 5.91 Å². The van der Waals surface area contributed by atoms with Gasteiger partial charge in [0.1, 0.15) is 12.3 Å². The number of methoxy groups -OCH3 is 1. The molecule has 1 aromatic heterocycles. The molecule has 0 bridgehead atoms. The van der Waals surface area contributed by atoms with Crippen molar-refractivity contribution < 1.29 is 13.9 Å². The Labute approximate surface area is 125 Å². The fraction of sp³-hybridized carbons (Fsp3) is 0.571. The van der Waals surface area contributed by atoms with E-state index in [1.165, 1.54) is 0 Å². The van der Waals surface area contributed by atoms with Gasteiger partial charge in [-0.25, -0.2) is 4.99 Å². The monoisotopic (exact) mass is 296 g/mol. The average Bonchev–Trinajstić information content (AvgIpc) is 2.98. The van der Waals surface area contributed by atoms with E-state index in [9.17, 15) is 4.79 Å². The van der Waals surface area contributed by atoms with Crippen LogP contribution < -0.4 is 16.0 Å². The van der Waals surface area contributed by atoms with Crippen molar-refractivity contribution in [2.75, 3.05) is 33.4 Å². The number of carbonyl (C=O) groups is 1. The highest BCUT2D eigenvalue weighted by Crippen LogP contribution is 2.00. The number of amides is 1. The molecule has 0 spiro atoms. The second-order valence-electron chi connectivity index (χ2n) is 4.29. The molecule has 0 aliphatic heterocycles. The van der Waals surface area contributed by atoms with Crippen LogP contribution in [0.1, 0.15) is 19.1 Å². The third-order valence-corrected chi connectivity index (χ3v) is 2.59. The van der Waals surface area contributed by atoms with Crippen molar-refractivity contribution in [3.63, 3.8) is 0 Å². The number of rotatable bonds is 9. The molecule has 1 rings (SSSR count). The summed E-state index contributed by atoms with van der Waals surface area (Å²) in [5.41, 5.74) is 0. The van der Waals surface area contributed by atoms with Gasteiger partial charge in [-0.1, -0.05) is 0 Å². The van der Waals surface area contributed by atoms with E-state index in [2.05, 4.69) is 20.9 Å². The molecule has 0 radical (unpaired) electrons. The van der Waals surface area contributed by atoms with Gasteiger partial charge in [0.15, 0.2) is 5.96 Å². The van der Waals surface area contributed by atoms with E-state index in [0.29, 0.717) is 38.6 Å². The van der Waals surface area contributed by atoms with Gasteiger partial charge in [-0.3, -0.25) is 4.79 Å². The van der Waals surface area contributed by atoms with Gasteiger partial charge >= 0.3 is 0 Å². The minimum absolute atomic E-state index is 0.0126. The maximum atomic E-state index is 11.5. The van der Waals surface area contributed by atoms with Crippen molar-refractivity contribution in [1.29, 1.82) is 0 Å². The predicted octanol–water partition coefficient (Wildman–Crippen LogP) is 0.487. The molecule has 7 nitrogen and oxygen atoms in total. The molecule has 0 aliphatic carbocycles. The van der Waals surface area contributed by atoms with Crippen LogP contribution in [0.5, 0.6) is 0 Å². The van der Waals surface area contributed by atoms with E-state index < -0.39 is 0 Å². The fourth-order valence-corrected chi connectivity index (χ4v) is 1.58. The molecule has 1 aromatic rings. The van der Waals surface area contributed by atoms with Crippen LogP contribution in [0.2, 0.25) is 0 Å². The van der Waals surface area contributed by atoms with Crippen LogP contribution in [0.4, 0.5) is 0 Å². The lowest BCUT2D eigenvalue weighted by molar-refractivity contribution is -0.121. The Morgan fingerprint density at radius 1 is 1.33 bits per heavy atom. The van der Waals surface area contributed by atoms with E-state index in [1.54, 1.807) is 13.4 Å². The van der Waals surface area contributed by atoms with Crippen molar-refractivity contribution in [1.82, 2.24) is 16.0 Å². The zero-order chi connectivity index (χ0) is 15.3. The summed E-state index contributed by atoms with van der Waals surface area (Å²) >= 11 is 0. The maximum absolute atomic E-state index is 11.5. The summed E-state index contributed by atoms with van der Waals surface area (Å²) in [6, 6.07) is 3.70. The first kappa shape index (κ1) is 17.0. The second kappa shape index (κ2) is 10.7. The van der Waals surface area contributed by atoms with Gasteiger partial charge in [-0.05, 0) is 19.1 Å². The van der Waals surface area contributed by atoms with Gasteiger partial charge < -0.3 is 25.1 Å². The molecular weight excluding hydrogens is 272 g/mol. The average molecular weight is 296 g/mol. The standard InChI is InChI=1S/C14H24N4O3/c1-3-15-14(18-11-12-5-4-9-21-12)17-7-6-13(19)16-8-10-20-2/h4-5,9H,3,6-8,10-11H2,1-2H3,(H,16,19)(H2,15,17,18). The third kappa shape index (κ3) is 7.98. The fourth-order valence-electron chi connectivity index (χ4n) is 1.58. The summed E-state index contributed by atoms with van der Waals surface area (Å²) in [4.78, 5) is 15.9. The lowest BCUT2D eigenvalue weighted by atomic mass is 10.4. The van der Waals surface area contributed by atoms with Gasteiger partial charge in [0.2, 0.25) is 5.91 Å². The molecule has 0 saturated carbocycles. The van der Waals surface area contributed by atoms with E-state index in [4.69, 9.17) is 9.15 Å². The number of ether oxygens (including phenoxy) is 1. The lowest BCUT2D eigenvalue weighted by Crippen LogP contribution is -2.39. The van der Waals surface area contributed by atoms with Gasteiger partial charge in [-0.15, -0.1) is 0 Å². The van der Waals surface area contributed by atoms with Gasteiger partial charge in [0, 0.05) is 33.2 Å². The Kier molecular flexibility index (Phi) is 8.70. The summed E-state index contributed by atoms with van der Waals surface area (Å²) in [5.74, 6) is 1.45. The summed E-state index contributed by atoms with van der Waals surface area (Å²) in [5, 5.41) is 8.99. The Bertz CT molecular complexity index is 418. The minimum Gasteiger partial charge on any atom is -0.467 e. The number of nitrogens with one attached hydrogen (secondary N) is 3. The Hall–Kier alpha value is -2.02. The van der Waals surface area contributed by atoms with Crippen molar-refractivity contribution in [2.24, 2.45) is 4.99 Å². The molecule has 0 saturated heterocycles. The van der Waals surface area contributed by atoms with Crippen LogP contribution in [0, 0.1) is 0 Å². The molecule has 0 unspecified atom stereocenters. The van der Waals surface area contributed by atoms with Gasteiger partial charge in [0.25, 0.3) is 0 Å². The minimum atomic E-state index is -0.0126. The maximum Gasteiger partial charge on any atom is 0.221 e. The van der Waals surface area contributed by atoms with Crippen molar-refractivity contribution in [3.05, 3.63) is 24.2 Å². The molecule has 7 heteroatoms. The molecule has 1 heterocycles. The Balaban J connectivity index is 2.27. The summed E-state index contributed by atoms with van der Waals surface area (Å²) in [7, 11) is 1.60. The van der Waals surface area contributed by atoms with Gasteiger partial charge in [-0.2, -0.15) is 0 Å². The first-order chi connectivity index (χ1) is 10.3. The van der Waals surface area contributed by atoms with E-state index >= 15 is 0 Å². The summed E-state index contributed by atoms with van der Waals surface area (Å²) in [6.07, 6.45) is 2.00. The number of carbonyl (C=O) groups excluding carboxylic acids is 1. The Morgan fingerprint density at radius 3 is 2.86 bits per heavy atom. The van der Waals surface area contributed by atoms with Crippen LogP contribution in [-0.4, -0.2) is 45.2 Å². The van der Waals surface area contributed by atoms with Crippen molar-refractivity contribution >= 4 is 11.9 Å². The number of furan rings is 1. The first-order valence-corrected chi connectivity index (χ1v) is 7.06. The molecule has 118 valence electrons. The van der Waals surface area contributed by atoms with Crippen LogP contribution in [0.25, 0.3) is 0 Å². The molecule has 21 heavy (non-hydrogen) atoms. The molecule has 0 atom stereocenters. The highest BCUT2D eigenvalue weighted by Gasteiger charge is 2.02. The molecular formula is C14H24N4O3. The molecule has 0 fully saturated rings. The quantitative estimate of drug-likeness (QED) is 0.351. The molecule has 0 aliphatic rings. The molecule has 0 aromatic carbocycles. The smallest absolute Gasteiger partial charge is 0.221 e. The van der Waals surface area contributed by atoms with Crippen molar-refractivity contribution in [3.8, 4) is 0 Å². The normalized spacial score (nSPS) is 11.2. The topological polar surface area (TPSA) is 87.9 Å². The summed E-state index contributed by atoms with van der Waals surface area (Å²) < 4.78 is 10.1. The van der Waals surface area contributed by atoms with Gasteiger partial charge in [0.05, 0.1) is 12.9 Å². The zero-order valence-corrected chi connectivity index (χ0v) is 12.6. The van der Waals surface area contributed by atoms with Crippen LogP contribution in [0.3, 0.4) is 0 Å². The van der Waals surface area contributed by atoms with Crippen LogP contribution >= 0.6 is 0 Å². The predicted molar refractivity (Wildman–Crippen MR) is 81.0 cm³/mol. The Morgan fingerprint density at radius 2 is 2.19 bits per heavy atom. The summed E-state index contributed by atoms with van der Waals surface area (Å²) in [6.45, 7) is 4.77. The third-order valence-electron chi connectivity index (χ3n) is 2.59. The number of hydrogen-bond acceptors (Lipinski definition) is 4. The first-order valence-electron chi connectivity index (χ1n) is 7.06. The van der Waals surface area contributed by atoms with E-state index in [1.807, 2.05) is 19.1 Å².